The quantitative estimate of drug-likeness (QED) is 0.520. The minimum atomic E-state index is 0.783. The molecule has 66 valence electrons. The molecule has 0 radical (unpaired) electrons. The summed E-state index contributed by atoms with van der Waals surface area (Å²) in [6.45, 7) is 0. The largest absolute Gasteiger partial charge is 0.214 e. The second-order valence-corrected chi connectivity index (χ2v) is 4.53. The Labute approximate surface area is 95.5 Å². The van der Waals surface area contributed by atoms with Crippen LogP contribution in [-0.4, -0.2) is 0 Å². The summed E-state index contributed by atoms with van der Waals surface area (Å²) in [6.07, 6.45) is 2.04. The summed E-state index contributed by atoms with van der Waals surface area (Å²) in [7, 11) is 2.02. The molecule has 1 heterocycles. The Morgan fingerprint density at radius 1 is 1.31 bits per heavy atom. The first-order valence-corrected chi connectivity index (χ1v) is 5.37. The molecule has 0 atom stereocenters. The van der Waals surface area contributed by atoms with Crippen LogP contribution in [0.1, 0.15) is 0 Å². The third-order valence-corrected chi connectivity index (χ3v) is 3.22. The van der Waals surface area contributed by atoms with Crippen molar-refractivity contribution in [3.05, 3.63) is 39.1 Å². The van der Waals surface area contributed by atoms with Crippen molar-refractivity contribution in [2.24, 2.45) is 7.05 Å². The van der Waals surface area contributed by atoms with E-state index in [2.05, 4.69) is 39.3 Å². The van der Waals surface area contributed by atoms with Gasteiger partial charge in [-0.3, -0.25) is 0 Å². The molecule has 0 N–H and O–H groups in total. The van der Waals surface area contributed by atoms with Gasteiger partial charge in [0.25, 0.3) is 0 Å². The van der Waals surface area contributed by atoms with Crippen molar-refractivity contribution < 1.29 is 4.57 Å². The summed E-state index contributed by atoms with van der Waals surface area (Å²) in [4.78, 5) is 0. The lowest BCUT2D eigenvalue weighted by Crippen LogP contribution is -2.28. The normalized spacial score (nSPS) is 10.7. The molecule has 0 amide bonds. The standard InChI is InChI=1S/C10H8ClIN/c1-13-5-4-9(12)8-3-2-7(11)6-10(8)13/h2-6H,1H3/q+1. The Morgan fingerprint density at radius 2 is 2.08 bits per heavy atom. The third-order valence-electron chi connectivity index (χ3n) is 2.04. The molecule has 1 nitrogen and oxygen atoms in total. The summed E-state index contributed by atoms with van der Waals surface area (Å²) in [5, 5.41) is 2.03. The number of nitrogens with zero attached hydrogens (tertiary/aromatic N) is 1. The number of rotatable bonds is 0. The molecule has 0 saturated carbocycles. The maximum Gasteiger partial charge on any atom is 0.214 e. The summed E-state index contributed by atoms with van der Waals surface area (Å²) >= 11 is 8.26. The number of hydrogen-bond donors (Lipinski definition) is 0. The van der Waals surface area contributed by atoms with Crippen molar-refractivity contribution in [3.63, 3.8) is 0 Å². The smallest absolute Gasteiger partial charge is 0.201 e. The number of halogens is 2. The molecule has 0 aliphatic rings. The molecule has 1 aromatic heterocycles. The average Bonchev–Trinajstić information content (AvgIpc) is 2.12. The van der Waals surface area contributed by atoms with Crippen molar-refractivity contribution in [2.75, 3.05) is 0 Å². The number of hydrogen-bond acceptors (Lipinski definition) is 0. The van der Waals surface area contributed by atoms with Crippen LogP contribution in [0.2, 0.25) is 5.02 Å². The molecule has 13 heavy (non-hydrogen) atoms. The van der Waals surface area contributed by atoms with Gasteiger partial charge in [0, 0.05) is 20.7 Å². The molecule has 0 aliphatic heterocycles. The van der Waals surface area contributed by atoms with Crippen LogP contribution in [0, 0.1) is 3.57 Å². The summed E-state index contributed by atoms with van der Waals surface area (Å²) in [5.41, 5.74) is 1.17. The fourth-order valence-electron chi connectivity index (χ4n) is 1.35. The van der Waals surface area contributed by atoms with Gasteiger partial charge in [-0.1, -0.05) is 11.6 Å². The number of pyridine rings is 1. The van der Waals surface area contributed by atoms with Gasteiger partial charge in [0.05, 0.1) is 5.39 Å². The van der Waals surface area contributed by atoms with E-state index in [9.17, 15) is 0 Å². The highest BCUT2D eigenvalue weighted by atomic mass is 127. The van der Waals surface area contributed by atoms with Gasteiger partial charge in [-0.15, -0.1) is 0 Å². The molecule has 2 aromatic rings. The second-order valence-electron chi connectivity index (χ2n) is 2.94. The third kappa shape index (κ3) is 1.65. The number of fused-ring (bicyclic) bond motifs is 1. The van der Waals surface area contributed by atoms with E-state index in [-0.39, 0.29) is 0 Å². The second kappa shape index (κ2) is 3.42. The maximum atomic E-state index is 5.93. The van der Waals surface area contributed by atoms with Crippen molar-refractivity contribution >= 4 is 45.1 Å². The number of aryl methyl sites for hydroxylation is 1. The molecule has 2 rings (SSSR count). The molecule has 3 heteroatoms. The molecular formula is C10H8ClIN+. The minimum absolute atomic E-state index is 0.783. The summed E-state index contributed by atoms with van der Waals surface area (Å²) in [5.74, 6) is 0. The first kappa shape index (κ1) is 9.21. The minimum Gasteiger partial charge on any atom is -0.201 e. The molecule has 0 aliphatic carbocycles. The molecule has 1 aromatic carbocycles. The first-order valence-electron chi connectivity index (χ1n) is 3.92. The Hall–Kier alpha value is -0.350. The van der Waals surface area contributed by atoms with E-state index in [1.54, 1.807) is 0 Å². The monoisotopic (exact) mass is 304 g/mol. The van der Waals surface area contributed by atoms with Crippen molar-refractivity contribution in [1.82, 2.24) is 0 Å². The topological polar surface area (TPSA) is 3.88 Å². The van der Waals surface area contributed by atoms with E-state index in [1.165, 1.54) is 14.5 Å². The van der Waals surface area contributed by atoms with Gasteiger partial charge in [0.2, 0.25) is 5.52 Å². The SMILES string of the molecule is C[n+]1ccc(I)c2ccc(Cl)cc21. The Morgan fingerprint density at radius 3 is 2.85 bits per heavy atom. The van der Waals surface area contributed by atoms with E-state index in [4.69, 9.17) is 11.6 Å². The molecule has 0 bridgehead atoms. The number of aromatic nitrogens is 1. The van der Waals surface area contributed by atoms with Gasteiger partial charge in [0.1, 0.15) is 7.05 Å². The van der Waals surface area contributed by atoms with Crippen LogP contribution in [0.15, 0.2) is 30.5 Å². The van der Waals surface area contributed by atoms with Gasteiger partial charge >= 0.3 is 0 Å². The van der Waals surface area contributed by atoms with Crippen molar-refractivity contribution in [2.45, 2.75) is 0 Å². The van der Waals surface area contributed by atoms with Crippen LogP contribution in [0.25, 0.3) is 10.9 Å². The van der Waals surface area contributed by atoms with Crippen molar-refractivity contribution in [3.8, 4) is 0 Å². The number of benzene rings is 1. The average molecular weight is 305 g/mol. The summed E-state index contributed by atoms with van der Waals surface area (Å²) < 4.78 is 3.32. The Kier molecular flexibility index (Phi) is 2.43. The zero-order valence-electron chi connectivity index (χ0n) is 7.09. The van der Waals surface area contributed by atoms with Crippen LogP contribution in [-0.2, 0) is 7.05 Å². The molecule has 0 saturated heterocycles. The zero-order chi connectivity index (χ0) is 9.42. The lowest BCUT2D eigenvalue weighted by atomic mass is 10.2. The predicted molar refractivity (Wildman–Crippen MR) is 62.9 cm³/mol. The van der Waals surface area contributed by atoms with E-state index in [1.807, 2.05) is 25.4 Å². The fourth-order valence-corrected chi connectivity index (χ4v) is 2.13. The summed E-state index contributed by atoms with van der Waals surface area (Å²) in [6, 6.07) is 8.06. The van der Waals surface area contributed by atoms with Gasteiger partial charge in [-0.2, -0.15) is 0 Å². The molecular weight excluding hydrogens is 296 g/mol. The van der Waals surface area contributed by atoms with Crippen LogP contribution >= 0.6 is 34.2 Å². The van der Waals surface area contributed by atoms with Crippen molar-refractivity contribution in [1.29, 1.82) is 0 Å². The van der Waals surface area contributed by atoms with Crippen LogP contribution in [0.5, 0.6) is 0 Å². The van der Waals surface area contributed by atoms with Gasteiger partial charge in [-0.25, -0.2) is 4.57 Å². The lowest BCUT2D eigenvalue weighted by molar-refractivity contribution is -0.645. The van der Waals surface area contributed by atoms with Crippen LogP contribution < -0.4 is 4.57 Å². The molecule has 0 fully saturated rings. The van der Waals surface area contributed by atoms with E-state index < -0.39 is 0 Å². The molecule has 0 unspecified atom stereocenters. The van der Waals surface area contributed by atoms with E-state index in [0.717, 1.165) is 5.02 Å². The Balaban J connectivity index is 2.92. The highest BCUT2D eigenvalue weighted by molar-refractivity contribution is 14.1. The molecule has 0 spiro atoms. The van der Waals surface area contributed by atoms with Crippen LogP contribution in [0.4, 0.5) is 0 Å². The van der Waals surface area contributed by atoms with E-state index in [0.29, 0.717) is 0 Å². The zero-order valence-corrected chi connectivity index (χ0v) is 10.0. The highest BCUT2D eigenvalue weighted by Crippen LogP contribution is 2.20. The predicted octanol–water partition coefficient (Wildman–Crippen LogP) is 2.92. The Bertz CT molecular complexity index is 468. The van der Waals surface area contributed by atoms with Gasteiger partial charge < -0.3 is 0 Å². The van der Waals surface area contributed by atoms with Gasteiger partial charge in [-0.05, 0) is 34.7 Å². The first-order chi connectivity index (χ1) is 6.18. The fraction of sp³-hybridized carbons (Fsp3) is 0.100. The van der Waals surface area contributed by atoms with Gasteiger partial charge in [0.15, 0.2) is 6.20 Å². The van der Waals surface area contributed by atoms with Crippen LogP contribution in [0.3, 0.4) is 0 Å². The maximum absolute atomic E-state index is 5.93. The van der Waals surface area contributed by atoms with E-state index >= 15 is 0 Å². The lowest BCUT2D eigenvalue weighted by Gasteiger charge is -1.98. The highest BCUT2D eigenvalue weighted by Gasteiger charge is 2.07.